The molecule has 0 atom stereocenters. The summed E-state index contributed by atoms with van der Waals surface area (Å²) in [5.41, 5.74) is 3.04. The van der Waals surface area contributed by atoms with Gasteiger partial charge in [0.1, 0.15) is 17.3 Å². The van der Waals surface area contributed by atoms with Gasteiger partial charge in [-0.2, -0.15) is 0 Å². The van der Waals surface area contributed by atoms with Crippen molar-refractivity contribution in [1.29, 1.82) is 0 Å². The smallest absolute Gasteiger partial charge is 0.259 e. The molecule has 0 spiro atoms. The maximum Gasteiger partial charge on any atom is 0.259 e. The number of carbonyl (C=O) groups is 1. The number of hydrogen-bond donors (Lipinski definition) is 1. The Morgan fingerprint density at radius 2 is 1.87 bits per heavy atom. The second kappa shape index (κ2) is 9.31. The minimum atomic E-state index is -0.317. The van der Waals surface area contributed by atoms with Crippen LogP contribution in [0.15, 0.2) is 67.1 Å². The Morgan fingerprint density at radius 1 is 1.10 bits per heavy atom. The Labute approximate surface area is 183 Å². The third-order valence-electron chi connectivity index (χ3n) is 4.37. The first-order valence-corrected chi connectivity index (χ1v) is 10.3. The fourth-order valence-corrected chi connectivity index (χ4v) is 3.52. The standard InChI is InChI=1S/C22H20N6O2S/c1-28(2)18-12-17(13-24-20(18)30-14-15-6-4-3-5-7-15)19(29)25-22-27-26-21(31-22)16-8-10-23-11-9-16/h3-13H,14H2,1-2H3,(H,25,27,29). The van der Waals surface area contributed by atoms with Crippen molar-refractivity contribution in [2.24, 2.45) is 0 Å². The fraction of sp³-hybridized carbons (Fsp3) is 0.136. The summed E-state index contributed by atoms with van der Waals surface area (Å²) in [4.78, 5) is 23.0. The summed E-state index contributed by atoms with van der Waals surface area (Å²) >= 11 is 1.29. The van der Waals surface area contributed by atoms with Crippen LogP contribution in [-0.2, 0) is 6.61 Å². The number of aromatic nitrogens is 4. The van der Waals surface area contributed by atoms with Gasteiger partial charge in [0.15, 0.2) is 0 Å². The summed E-state index contributed by atoms with van der Waals surface area (Å²) in [7, 11) is 3.75. The van der Waals surface area contributed by atoms with Gasteiger partial charge < -0.3 is 9.64 Å². The molecule has 1 amide bonds. The van der Waals surface area contributed by atoms with E-state index in [2.05, 4.69) is 25.5 Å². The largest absolute Gasteiger partial charge is 0.471 e. The molecule has 9 heteroatoms. The van der Waals surface area contributed by atoms with Crippen molar-refractivity contribution in [1.82, 2.24) is 20.2 Å². The molecule has 8 nitrogen and oxygen atoms in total. The van der Waals surface area contributed by atoms with Gasteiger partial charge in [0.2, 0.25) is 11.0 Å². The zero-order valence-electron chi connectivity index (χ0n) is 17.0. The lowest BCUT2D eigenvalue weighted by Crippen LogP contribution is -2.16. The first kappa shape index (κ1) is 20.4. The lowest BCUT2D eigenvalue weighted by molar-refractivity contribution is 0.102. The Kier molecular flexibility index (Phi) is 6.13. The van der Waals surface area contributed by atoms with Crippen LogP contribution in [0, 0.1) is 0 Å². The SMILES string of the molecule is CN(C)c1cc(C(=O)Nc2nnc(-c3ccncc3)s2)cnc1OCc1ccccc1. The van der Waals surface area contributed by atoms with Crippen LogP contribution in [0.5, 0.6) is 5.88 Å². The maximum absolute atomic E-state index is 12.7. The number of rotatable bonds is 7. The molecule has 0 saturated heterocycles. The second-order valence-corrected chi connectivity index (χ2v) is 7.80. The van der Waals surface area contributed by atoms with Gasteiger partial charge in [-0.25, -0.2) is 4.98 Å². The first-order chi connectivity index (χ1) is 15.1. The molecule has 3 aromatic heterocycles. The van der Waals surface area contributed by atoms with E-state index in [1.807, 2.05) is 61.5 Å². The van der Waals surface area contributed by atoms with Gasteiger partial charge in [-0.1, -0.05) is 41.7 Å². The van der Waals surface area contributed by atoms with Crippen molar-refractivity contribution in [3.63, 3.8) is 0 Å². The fourth-order valence-electron chi connectivity index (χ4n) is 2.78. The van der Waals surface area contributed by atoms with Crippen molar-refractivity contribution in [3.8, 4) is 16.5 Å². The van der Waals surface area contributed by atoms with E-state index in [9.17, 15) is 4.79 Å². The topological polar surface area (TPSA) is 93.1 Å². The quantitative estimate of drug-likeness (QED) is 0.473. The summed E-state index contributed by atoms with van der Waals surface area (Å²) in [6.45, 7) is 0.392. The summed E-state index contributed by atoms with van der Waals surface area (Å²) < 4.78 is 5.88. The number of anilines is 2. The zero-order chi connectivity index (χ0) is 21.6. The number of carbonyl (C=O) groups excluding carboxylic acids is 1. The van der Waals surface area contributed by atoms with Crippen LogP contribution in [-0.4, -0.2) is 40.2 Å². The van der Waals surface area contributed by atoms with Crippen molar-refractivity contribution in [2.45, 2.75) is 6.61 Å². The minimum Gasteiger partial charge on any atom is -0.471 e. The van der Waals surface area contributed by atoms with Gasteiger partial charge in [0.05, 0.1) is 5.56 Å². The average molecular weight is 433 g/mol. The number of nitrogens with zero attached hydrogens (tertiary/aromatic N) is 5. The number of pyridine rings is 2. The van der Waals surface area contributed by atoms with Gasteiger partial charge in [0, 0.05) is 38.2 Å². The van der Waals surface area contributed by atoms with Crippen molar-refractivity contribution in [3.05, 3.63) is 78.2 Å². The highest BCUT2D eigenvalue weighted by molar-refractivity contribution is 7.18. The molecule has 1 N–H and O–H groups in total. The predicted molar refractivity (Wildman–Crippen MR) is 120 cm³/mol. The van der Waals surface area contributed by atoms with E-state index in [1.54, 1.807) is 18.5 Å². The lowest BCUT2D eigenvalue weighted by Gasteiger charge is -2.17. The molecule has 0 fully saturated rings. The highest BCUT2D eigenvalue weighted by Crippen LogP contribution is 2.28. The van der Waals surface area contributed by atoms with Gasteiger partial charge in [-0.15, -0.1) is 10.2 Å². The second-order valence-electron chi connectivity index (χ2n) is 6.82. The Morgan fingerprint density at radius 3 is 2.61 bits per heavy atom. The van der Waals surface area contributed by atoms with E-state index in [1.165, 1.54) is 17.5 Å². The number of nitrogens with one attached hydrogen (secondary N) is 1. The lowest BCUT2D eigenvalue weighted by atomic mass is 10.2. The molecular weight excluding hydrogens is 412 g/mol. The number of amides is 1. The Bertz CT molecular complexity index is 1170. The molecule has 0 aliphatic rings. The van der Waals surface area contributed by atoms with Crippen LogP contribution in [0.4, 0.5) is 10.8 Å². The molecule has 4 rings (SSSR count). The molecule has 31 heavy (non-hydrogen) atoms. The summed E-state index contributed by atoms with van der Waals surface area (Å²) in [5, 5.41) is 12.1. The molecule has 1 aromatic carbocycles. The Balaban J connectivity index is 1.48. The van der Waals surface area contributed by atoms with E-state index in [0.29, 0.717) is 33.9 Å². The molecule has 0 bridgehead atoms. The van der Waals surface area contributed by atoms with E-state index in [-0.39, 0.29) is 5.91 Å². The van der Waals surface area contributed by atoms with E-state index >= 15 is 0 Å². The van der Waals surface area contributed by atoms with E-state index < -0.39 is 0 Å². The molecule has 0 unspecified atom stereocenters. The third-order valence-corrected chi connectivity index (χ3v) is 5.26. The van der Waals surface area contributed by atoms with Crippen LogP contribution in [0.25, 0.3) is 10.6 Å². The molecular formula is C22H20N6O2S. The molecule has 0 saturated carbocycles. The van der Waals surface area contributed by atoms with Crippen LogP contribution in [0.1, 0.15) is 15.9 Å². The molecule has 3 heterocycles. The number of hydrogen-bond acceptors (Lipinski definition) is 8. The first-order valence-electron chi connectivity index (χ1n) is 9.49. The monoisotopic (exact) mass is 432 g/mol. The summed E-state index contributed by atoms with van der Waals surface area (Å²) in [5.74, 6) is 0.143. The number of ether oxygens (including phenoxy) is 1. The normalized spacial score (nSPS) is 10.5. The highest BCUT2D eigenvalue weighted by atomic mass is 32.1. The van der Waals surface area contributed by atoms with Crippen LogP contribution in [0.2, 0.25) is 0 Å². The zero-order valence-corrected chi connectivity index (χ0v) is 17.8. The van der Waals surface area contributed by atoms with Gasteiger partial charge in [-0.3, -0.25) is 15.1 Å². The predicted octanol–water partition coefficient (Wildman–Crippen LogP) is 3.89. The average Bonchev–Trinajstić information content (AvgIpc) is 3.27. The van der Waals surface area contributed by atoms with Gasteiger partial charge >= 0.3 is 0 Å². The molecule has 0 radical (unpaired) electrons. The van der Waals surface area contributed by atoms with Crippen molar-refractivity contribution >= 4 is 28.1 Å². The molecule has 4 aromatic rings. The van der Waals surface area contributed by atoms with E-state index in [0.717, 1.165) is 11.1 Å². The highest BCUT2D eigenvalue weighted by Gasteiger charge is 2.16. The van der Waals surface area contributed by atoms with Crippen LogP contribution < -0.4 is 15.0 Å². The summed E-state index contributed by atoms with van der Waals surface area (Å²) in [6.07, 6.45) is 4.86. The van der Waals surface area contributed by atoms with Gasteiger partial charge in [0.25, 0.3) is 5.91 Å². The van der Waals surface area contributed by atoms with Crippen LogP contribution in [0.3, 0.4) is 0 Å². The third kappa shape index (κ3) is 5.01. The molecule has 0 aliphatic carbocycles. The Hall–Kier alpha value is -3.85. The van der Waals surface area contributed by atoms with Crippen LogP contribution >= 0.6 is 11.3 Å². The molecule has 156 valence electrons. The summed E-state index contributed by atoms with van der Waals surface area (Å²) in [6, 6.07) is 15.3. The van der Waals surface area contributed by atoms with E-state index in [4.69, 9.17) is 4.74 Å². The van der Waals surface area contributed by atoms with Crippen molar-refractivity contribution < 1.29 is 9.53 Å². The molecule has 0 aliphatic heterocycles. The van der Waals surface area contributed by atoms with Gasteiger partial charge in [-0.05, 0) is 23.8 Å². The maximum atomic E-state index is 12.7. The van der Waals surface area contributed by atoms with Crippen molar-refractivity contribution in [2.75, 3.05) is 24.3 Å². The number of benzene rings is 1. The minimum absolute atomic E-state index is 0.317.